The number of fused-ring (bicyclic) bond motifs is 3. The monoisotopic (exact) mass is 578 g/mol. The molecule has 45 heavy (non-hydrogen) atoms. The summed E-state index contributed by atoms with van der Waals surface area (Å²) in [5, 5.41) is 2.45. The Labute approximate surface area is 265 Å². The number of hydrogen-bond acceptors (Lipinski definition) is 2. The number of para-hydroxylation sites is 3. The maximum atomic E-state index is 2.53. The van der Waals surface area contributed by atoms with Crippen molar-refractivity contribution in [2.24, 2.45) is 0 Å². The third kappa shape index (κ3) is 4.41. The van der Waals surface area contributed by atoms with E-state index in [0.717, 1.165) is 11.4 Å². The first-order valence-corrected chi connectivity index (χ1v) is 15.6. The standard InChI is InChI=1S/C43H34N2/c1-43(2)37-25-14-15-26-38(37)45(42-35-24-13-12-19-32(35)29-30-36(42)31-17-6-3-7-18-31)40-28-16-27-39(41(40)43)44(33-20-8-4-9-21-33)34-22-10-5-11-23-34/h3-30H,1-2H3. The van der Waals surface area contributed by atoms with Gasteiger partial charge in [0.05, 0.1) is 22.7 Å². The molecule has 1 aliphatic heterocycles. The number of hydrogen-bond donors (Lipinski definition) is 0. The molecule has 7 aromatic rings. The van der Waals surface area contributed by atoms with Gasteiger partial charge in [-0.2, -0.15) is 0 Å². The summed E-state index contributed by atoms with van der Waals surface area (Å²) in [4.78, 5) is 4.94. The Morgan fingerprint density at radius 1 is 0.489 bits per heavy atom. The van der Waals surface area contributed by atoms with Crippen molar-refractivity contribution in [2.75, 3.05) is 9.80 Å². The van der Waals surface area contributed by atoms with E-state index < -0.39 is 0 Å². The van der Waals surface area contributed by atoms with Crippen LogP contribution in [-0.4, -0.2) is 0 Å². The molecular formula is C43H34N2. The molecule has 7 aromatic carbocycles. The lowest BCUT2D eigenvalue weighted by molar-refractivity contribution is 0.632. The Bertz CT molecular complexity index is 2090. The fourth-order valence-electron chi connectivity index (χ4n) is 7.17. The van der Waals surface area contributed by atoms with Crippen LogP contribution in [0.5, 0.6) is 0 Å². The van der Waals surface area contributed by atoms with E-state index in [9.17, 15) is 0 Å². The number of rotatable bonds is 5. The highest BCUT2D eigenvalue weighted by Gasteiger charge is 2.40. The van der Waals surface area contributed by atoms with Crippen LogP contribution in [0.15, 0.2) is 170 Å². The highest BCUT2D eigenvalue weighted by atomic mass is 15.2. The molecule has 2 heteroatoms. The van der Waals surface area contributed by atoms with Crippen LogP contribution in [0.1, 0.15) is 25.0 Å². The van der Waals surface area contributed by atoms with E-state index in [2.05, 4.69) is 194 Å². The third-order valence-corrected chi connectivity index (χ3v) is 9.18. The first-order chi connectivity index (χ1) is 22.1. The van der Waals surface area contributed by atoms with Gasteiger partial charge in [-0.25, -0.2) is 0 Å². The molecule has 1 aliphatic rings. The lowest BCUT2D eigenvalue weighted by atomic mass is 9.72. The summed E-state index contributed by atoms with van der Waals surface area (Å²) in [7, 11) is 0. The average Bonchev–Trinajstić information content (AvgIpc) is 3.10. The van der Waals surface area contributed by atoms with E-state index in [-0.39, 0.29) is 5.41 Å². The largest absolute Gasteiger partial charge is 0.310 e. The van der Waals surface area contributed by atoms with Gasteiger partial charge in [0.2, 0.25) is 0 Å². The quantitative estimate of drug-likeness (QED) is 0.200. The molecule has 0 N–H and O–H groups in total. The van der Waals surface area contributed by atoms with E-state index in [4.69, 9.17) is 0 Å². The van der Waals surface area contributed by atoms with E-state index >= 15 is 0 Å². The number of anilines is 6. The second-order valence-corrected chi connectivity index (χ2v) is 12.2. The fourth-order valence-corrected chi connectivity index (χ4v) is 7.17. The predicted octanol–water partition coefficient (Wildman–Crippen LogP) is 12.1. The van der Waals surface area contributed by atoms with Crippen LogP contribution in [0.3, 0.4) is 0 Å². The van der Waals surface area contributed by atoms with E-state index in [0.29, 0.717) is 0 Å². The minimum atomic E-state index is -0.279. The highest BCUT2D eigenvalue weighted by molar-refractivity contribution is 6.08. The summed E-state index contributed by atoms with van der Waals surface area (Å²) in [6.45, 7) is 4.75. The van der Waals surface area contributed by atoms with Crippen LogP contribution in [-0.2, 0) is 5.41 Å². The van der Waals surface area contributed by atoms with Crippen LogP contribution in [0.25, 0.3) is 21.9 Å². The van der Waals surface area contributed by atoms with Crippen LogP contribution in [0.4, 0.5) is 34.1 Å². The topological polar surface area (TPSA) is 6.48 Å². The van der Waals surface area contributed by atoms with Gasteiger partial charge in [-0.1, -0.05) is 141 Å². The maximum Gasteiger partial charge on any atom is 0.0618 e. The zero-order valence-corrected chi connectivity index (χ0v) is 25.6. The van der Waals surface area contributed by atoms with Crippen molar-refractivity contribution < 1.29 is 0 Å². The minimum absolute atomic E-state index is 0.279. The highest BCUT2D eigenvalue weighted by Crippen LogP contribution is 2.58. The summed E-state index contributed by atoms with van der Waals surface area (Å²) >= 11 is 0. The summed E-state index contributed by atoms with van der Waals surface area (Å²) in [6, 6.07) is 61.3. The van der Waals surface area contributed by atoms with Crippen LogP contribution >= 0.6 is 0 Å². The zero-order chi connectivity index (χ0) is 30.4. The molecule has 0 radical (unpaired) electrons. The van der Waals surface area contributed by atoms with Crippen molar-refractivity contribution in [1.29, 1.82) is 0 Å². The van der Waals surface area contributed by atoms with Gasteiger partial charge in [-0.15, -0.1) is 0 Å². The number of nitrogens with zero attached hydrogens (tertiary/aromatic N) is 2. The van der Waals surface area contributed by atoms with E-state index in [1.807, 2.05) is 0 Å². The second-order valence-electron chi connectivity index (χ2n) is 12.2. The van der Waals surface area contributed by atoms with Crippen LogP contribution in [0.2, 0.25) is 0 Å². The van der Waals surface area contributed by atoms with Crippen molar-refractivity contribution in [1.82, 2.24) is 0 Å². The smallest absolute Gasteiger partial charge is 0.0618 e. The van der Waals surface area contributed by atoms with Gasteiger partial charge in [-0.3, -0.25) is 0 Å². The second kappa shape index (κ2) is 10.8. The van der Waals surface area contributed by atoms with Gasteiger partial charge in [0, 0.05) is 33.3 Å². The fraction of sp³-hybridized carbons (Fsp3) is 0.0698. The molecule has 0 atom stereocenters. The van der Waals surface area contributed by atoms with Crippen LogP contribution in [0, 0.1) is 0 Å². The van der Waals surface area contributed by atoms with Gasteiger partial charge in [-0.05, 0) is 59.0 Å². The molecule has 0 aliphatic carbocycles. The Morgan fingerprint density at radius 2 is 1.07 bits per heavy atom. The molecule has 8 rings (SSSR count). The van der Waals surface area contributed by atoms with Crippen molar-refractivity contribution in [3.05, 3.63) is 181 Å². The normalized spacial score (nSPS) is 13.2. The summed E-state index contributed by atoms with van der Waals surface area (Å²) in [6.07, 6.45) is 0. The van der Waals surface area contributed by atoms with Crippen molar-refractivity contribution >= 4 is 44.9 Å². The average molecular weight is 579 g/mol. The summed E-state index contributed by atoms with van der Waals surface area (Å²) in [5.74, 6) is 0. The number of benzene rings is 7. The molecule has 1 heterocycles. The first-order valence-electron chi connectivity index (χ1n) is 15.6. The van der Waals surface area contributed by atoms with E-state index in [1.54, 1.807) is 0 Å². The first kappa shape index (κ1) is 27.0. The van der Waals surface area contributed by atoms with Gasteiger partial charge in [0.25, 0.3) is 0 Å². The molecule has 0 amide bonds. The predicted molar refractivity (Wildman–Crippen MR) is 191 cm³/mol. The molecule has 0 saturated carbocycles. The van der Waals surface area contributed by atoms with Gasteiger partial charge in [0.15, 0.2) is 0 Å². The van der Waals surface area contributed by atoms with Gasteiger partial charge >= 0.3 is 0 Å². The molecule has 0 fully saturated rings. The molecule has 0 saturated heterocycles. The van der Waals surface area contributed by atoms with Crippen molar-refractivity contribution in [3.63, 3.8) is 0 Å². The summed E-state index contributed by atoms with van der Waals surface area (Å²) in [5.41, 5.74) is 11.8. The van der Waals surface area contributed by atoms with Crippen LogP contribution < -0.4 is 9.80 Å². The molecule has 2 nitrogen and oxygen atoms in total. The van der Waals surface area contributed by atoms with E-state index in [1.165, 1.54) is 55.8 Å². The van der Waals surface area contributed by atoms with Crippen molar-refractivity contribution in [2.45, 2.75) is 19.3 Å². The Morgan fingerprint density at radius 3 is 1.78 bits per heavy atom. The lowest BCUT2D eigenvalue weighted by Crippen LogP contribution is -2.32. The Hall–Kier alpha value is -5.60. The zero-order valence-electron chi connectivity index (χ0n) is 25.6. The maximum absolute atomic E-state index is 2.53. The van der Waals surface area contributed by atoms with Gasteiger partial charge < -0.3 is 9.80 Å². The van der Waals surface area contributed by atoms with Crippen molar-refractivity contribution in [3.8, 4) is 11.1 Å². The lowest BCUT2D eigenvalue weighted by Gasteiger charge is -2.45. The molecule has 0 unspecified atom stereocenters. The molecule has 0 spiro atoms. The third-order valence-electron chi connectivity index (χ3n) is 9.18. The van der Waals surface area contributed by atoms with Gasteiger partial charge in [0.1, 0.15) is 0 Å². The SMILES string of the molecule is CC1(C)c2ccccc2N(c2c(-c3ccccc3)ccc3ccccc23)c2cccc(N(c3ccccc3)c3ccccc3)c21. The Kier molecular flexibility index (Phi) is 6.50. The Balaban J connectivity index is 1.48. The molecule has 0 bridgehead atoms. The summed E-state index contributed by atoms with van der Waals surface area (Å²) < 4.78 is 0. The minimum Gasteiger partial charge on any atom is -0.310 e. The molecule has 0 aromatic heterocycles. The molecule has 216 valence electrons. The molecular weight excluding hydrogens is 544 g/mol.